The van der Waals surface area contributed by atoms with Crippen molar-refractivity contribution in [3.05, 3.63) is 11.6 Å². The van der Waals surface area contributed by atoms with E-state index < -0.39 is 17.7 Å². The van der Waals surface area contributed by atoms with Gasteiger partial charge in [-0.1, -0.05) is 0 Å². The van der Waals surface area contributed by atoms with Gasteiger partial charge < -0.3 is 5.73 Å². The predicted octanol–water partition coefficient (Wildman–Crippen LogP) is -1.56. The van der Waals surface area contributed by atoms with Crippen molar-refractivity contribution in [2.24, 2.45) is 5.73 Å². The maximum Gasteiger partial charge on any atom is 0.251 e. The van der Waals surface area contributed by atoms with Crippen LogP contribution in [0.1, 0.15) is 6.42 Å². The Hall–Kier alpha value is -1.65. The maximum atomic E-state index is 10.6. The Morgan fingerprint density at radius 2 is 2.18 bits per heavy atom. The summed E-state index contributed by atoms with van der Waals surface area (Å²) in [5.74, 6) is -1.81. The van der Waals surface area contributed by atoms with Crippen molar-refractivity contribution in [3.8, 4) is 0 Å². The quantitative estimate of drug-likeness (QED) is 0.448. The van der Waals surface area contributed by atoms with Gasteiger partial charge in [-0.15, -0.1) is 0 Å². The average molecular weight is 154 g/mol. The summed E-state index contributed by atoms with van der Waals surface area (Å²) < 4.78 is 0. The Labute approximate surface area is 62.2 Å². The number of hydrogen-bond acceptors (Lipinski definition) is 3. The highest BCUT2D eigenvalue weighted by atomic mass is 16.2. The summed E-state index contributed by atoms with van der Waals surface area (Å²) in [6.45, 7) is 0. The van der Waals surface area contributed by atoms with Gasteiger partial charge in [0.1, 0.15) is 0 Å². The zero-order valence-corrected chi connectivity index (χ0v) is 5.59. The molecule has 3 amide bonds. The molecule has 1 aliphatic heterocycles. The molecule has 0 aromatic carbocycles. The topological polar surface area (TPSA) is 89.3 Å². The fourth-order valence-corrected chi connectivity index (χ4v) is 0.758. The molecule has 0 saturated heterocycles. The van der Waals surface area contributed by atoms with Crippen LogP contribution in [0.15, 0.2) is 11.6 Å². The molecule has 0 fully saturated rings. The number of amides is 3. The van der Waals surface area contributed by atoms with E-state index in [1.165, 1.54) is 0 Å². The summed E-state index contributed by atoms with van der Waals surface area (Å²) in [6.07, 6.45) is 0.921. The monoisotopic (exact) mass is 154 g/mol. The molecule has 11 heavy (non-hydrogen) atoms. The number of hydrogen-bond donors (Lipinski definition) is 2. The van der Waals surface area contributed by atoms with Gasteiger partial charge >= 0.3 is 0 Å². The molecule has 0 saturated carbocycles. The zero-order chi connectivity index (χ0) is 8.43. The second-order valence-electron chi connectivity index (χ2n) is 2.12. The lowest BCUT2D eigenvalue weighted by molar-refractivity contribution is -0.129. The first-order valence-corrected chi connectivity index (χ1v) is 2.94. The first-order valence-electron chi connectivity index (χ1n) is 2.94. The van der Waals surface area contributed by atoms with E-state index >= 15 is 0 Å². The molecule has 5 nitrogen and oxygen atoms in total. The van der Waals surface area contributed by atoms with E-state index in [1.807, 2.05) is 5.32 Å². The molecular formula is C6H6N2O3. The number of nitrogens with one attached hydrogen (secondary N) is 1. The molecule has 1 aliphatic rings. The Kier molecular flexibility index (Phi) is 1.72. The van der Waals surface area contributed by atoms with Gasteiger partial charge in [0, 0.05) is 11.6 Å². The van der Waals surface area contributed by atoms with Gasteiger partial charge in [0.05, 0.1) is 6.42 Å². The van der Waals surface area contributed by atoms with Crippen LogP contribution in [0, 0.1) is 0 Å². The van der Waals surface area contributed by atoms with Crippen LogP contribution in [0.4, 0.5) is 0 Å². The lowest BCUT2D eigenvalue weighted by Crippen LogP contribution is -2.35. The van der Waals surface area contributed by atoms with Crippen molar-refractivity contribution in [2.45, 2.75) is 6.42 Å². The minimum atomic E-state index is -0.729. The largest absolute Gasteiger partial charge is 0.366 e. The Balaban J connectivity index is 2.89. The number of nitrogens with two attached hydrogens (primary N) is 1. The van der Waals surface area contributed by atoms with Crippen LogP contribution in [0.3, 0.4) is 0 Å². The SMILES string of the molecule is NC(=O)C1=CC(=O)NC(=O)C1. The van der Waals surface area contributed by atoms with E-state index in [0.29, 0.717) is 0 Å². The molecule has 0 aromatic heterocycles. The van der Waals surface area contributed by atoms with E-state index in [4.69, 9.17) is 5.73 Å². The second kappa shape index (κ2) is 2.53. The third kappa shape index (κ3) is 1.64. The van der Waals surface area contributed by atoms with Crippen LogP contribution in [-0.4, -0.2) is 17.7 Å². The molecule has 0 unspecified atom stereocenters. The summed E-state index contributed by atoms with van der Waals surface area (Å²) in [7, 11) is 0. The molecule has 1 rings (SSSR count). The van der Waals surface area contributed by atoms with Gasteiger partial charge in [0.2, 0.25) is 11.8 Å². The number of rotatable bonds is 1. The standard InChI is InChI=1S/C6H6N2O3/c7-6(11)3-1-4(9)8-5(10)2-3/h1H,2H2,(H2,7,11)(H,8,9,10). The van der Waals surface area contributed by atoms with Crippen LogP contribution < -0.4 is 11.1 Å². The summed E-state index contributed by atoms with van der Waals surface area (Å²) in [5, 5.41) is 2.00. The molecular weight excluding hydrogens is 148 g/mol. The summed E-state index contributed by atoms with van der Waals surface area (Å²) in [4.78, 5) is 31.6. The Bertz CT molecular complexity index is 267. The molecule has 0 radical (unpaired) electrons. The number of imide groups is 1. The third-order valence-electron chi connectivity index (χ3n) is 1.24. The van der Waals surface area contributed by atoms with E-state index in [2.05, 4.69) is 0 Å². The minimum Gasteiger partial charge on any atom is -0.366 e. The predicted molar refractivity (Wildman–Crippen MR) is 35.0 cm³/mol. The molecule has 0 aromatic rings. The fourth-order valence-electron chi connectivity index (χ4n) is 0.758. The number of primary amides is 1. The third-order valence-corrected chi connectivity index (χ3v) is 1.24. The van der Waals surface area contributed by atoms with Crippen molar-refractivity contribution < 1.29 is 14.4 Å². The summed E-state index contributed by atoms with van der Waals surface area (Å²) >= 11 is 0. The Morgan fingerprint density at radius 1 is 1.55 bits per heavy atom. The molecule has 5 heteroatoms. The van der Waals surface area contributed by atoms with E-state index in [0.717, 1.165) is 6.08 Å². The van der Waals surface area contributed by atoms with Crippen LogP contribution in [0.2, 0.25) is 0 Å². The lowest BCUT2D eigenvalue weighted by Gasteiger charge is -2.08. The number of carbonyl (C=O) groups excluding carboxylic acids is 3. The lowest BCUT2D eigenvalue weighted by atomic mass is 10.1. The first-order chi connectivity index (χ1) is 5.09. The van der Waals surface area contributed by atoms with Gasteiger partial charge in [0.25, 0.3) is 5.91 Å². The van der Waals surface area contributed by atoms with Gasteiger partial charge in [-0.05, 0) is 0 Å². The average Bonchev–Trinajstić information content (AvgIpc) is 1.85. The second-order valence-corrected chi connectivity index (χ2v) is 2.12. The minimum absolute atomic E-state index is 0.0544. The summed E-state index contributed by atoms with van der Waals surface area (Å²) in [6, 6.07) is 0. The van der Waals surface area contributed by atoms with E-state index in [-0.39, 0.29) is 12.0 Å². The summed E-state index contributed by atoms with van der Waals surface area (Å²) in [5.41, 5.74) is 4.91. The highest BCUT2D eigenvalue weighted by molar-refractivity contribution is 6.12. The van der Waals surface area contributed by atoms with Gasteiger partial charge in [0.15, 0.2) is 0 Å². The molecule has 58 valence electrons. The molecule has 0 atom stereocenters. The van der Waals surface area contributed by atoms with Crippen molar-refractivity contribution in [1.29, 1.82) is 0 Å². The van der Waals surface area contributed by atoms with Crippen LogP contribution >= 0.6 is 0 Å². The van der Waals surface area contributed by atoms with Gasteiger partial charge in [-0.3, -0.25) is 19.7 Å². The number of carbonyl (C=O) groups is 3. The van der Waals surface area contributed by atoms with Crippen molar-refractivity contribution in [1.82, 2.24) is 5.32 Å². The molecule has 0 aliphatic carbocycles. The maximum absolute atomic E-state index is 10.6. The normalized spacial score (nSPS) is 17.3. The van der Waals surface area contributed by atoms with Crippen molar-refractivity contribution in [3.63, 3.8) is 0 Å². The van der Waals surface area contributed by atoms with E-state index in [9.17, 15) is 14.4 Å². The van der Waals surface area contributed by atoms with Crippen molar-refractivity contribution >= 4 is 17.7 Å². The molecule has 3 N–H and O–H groups in total. The van der Waals surface area contributed by atoms with Crippen molar-refractivity contribution in [2.75, 3.05) is 0 Å². The molecule has 0 spiro atoms. The van der Waals surface area contributed by atoms with Crippen LogP contribution in [-0.2, 0) is 14.4 Å². The highest BCUT2D eigenvalue weighted by Crippen LogP contribution is 2.04. The van der Waals surface area contributed by atoms with Crippen LogP contribution in [0.5, 0.6) is 0 Å². The van der Waals surface area contributed by atoms with Gasteiger partial charge in [-0.2, -0.15) is 0 Å². The smallest absolute Gasteiger partial charge is 0.251 e. The van der Waals surface area contributed by atoms with Crippen LogP contribution in [0.25, 0.3) is 0 Å². The van der Waals surface area contributed by atoms with Gasteiger partial charge in [-0.25, -0.2) is 0 Å². The Morgan fingerprint density at radius 3 is 2.64 bits per heavy atom. The molecule has 1 heterocycles. The highest BCUT2D eigenvalue weighted by Gasteiger charge is 2.19. The fraction of sp³-hybridized carbons (Fsp3) is 0.167. The zero-order valence-electron chi connectivity index (χ0n) is 5.59. The van der Waals surface area contributed by atoms with E-state index in [1.54, 1.807) is 0 Å². The first kappa shape index (κ1) is 7.46. The molecule has 0 bridgehead atoms.